The van der Waals surface area contributed by atoms with Crippen LogP contribution in [0.3, 0.4) is 0 Å². The monoisotopic (exact) mass is 150 g/mol. The van der Waals surface area contributed by atoms with E-state index in [-0.39, 0.29) is 5.91 Å². The van der Waals surface area contributed by atoms with Crippen LogP contribution in [-0.2, 0) is 0 Å². The van der Waals surface area contributed by atoms with Gasteiger partial charge in [-0.25, -0.2) is 4.79 Å². The molecule has 0 bridgehead atoms. The number of aromatic nitrogens is 1. The molecule has 0 unspecified atom stereocenters. The average Bonchev–Trinajstić information content (AvgIpc) is 2.07. The quantitative estimate of drug-likeness (QED) is 0.584. The first-order valence-corrected chi connectivity index (χ1v) is 3.84. The molecule has 0 radical (unpaired) electrons. The molecule has 0 spiro atoms. The van der Waals surface area contributed by atoms with E-state index in [1.165, 1.54) is 0 Å². The number of carbonyl (C=O) groups is 1. The van der Waals surface area contributed by atoms with Gasteiger partial charge in [0.1, 0.15) is 0 Å². The van der Waals surface area contributed by atoms with Crippen molar-refractivity contribution < 1.29 is 9.36 Å². The zero-order chi connectivity index (χ0) is 8.10. The number of hydrogen-bond donors (Lipinski definition) is 0. The summed E-state index contributed by atoms with van der Waals surface area (Å²) >= 11 is 0. The second-order valence-electron chi connectivity index (χ2n) is 2.43. The Balaban J connectivity index is 2.69. The van der Waals surface area contributed by atoms with E-state index in [0.29, 0.717) is 6.42 Å². The summed E-state index contributed by atoms with van der Waals surface area (Å²) in [5.74, 6) is 0.160. The molecule has 1 aromatic rings. The van der Waals surface area contributed by atoms with Crippen molar-refractivity contribution in [3.63, 3.8) is 0 Å². The Morgan fingerprint density at radius 2 is 1.91 bits per heavy atom. The highest BCUT2D eigenvalue weighted by molar-refractivity contribution is 5.66. The Bertz CT molecular complexity index is 231. The van der Waals surface area contributed by atoms with Crippen LogP contribution in [0.1, 0.15) is 24.6 Å². The van der Waals surface area contributed by atoms with Crippen LogP contribution in [0.4, 0.5) is 0 Å². The molecule has 1 aromatic heterocycles. The standard InChI is InChI=1S/C9H12NO/c1-2-6-9(11)10-7-4-3-5-8-10/h3-5,7-8H,2,6H2,1H3/q+1. The number of pyridine rings is 1. The molecule has 0 aromatic carbocycles. The first-order chi connectivity index (χ1) is 5.34. The number of carbonyl (C=O) groups excluding carboxylic acids is 1. The Morgan fingerprint density at radius 1 is 1.27 bits per heavy atom. The molecule has 0 fully saturated rings. The number of nitrogens with zero attached hydrogens (tertiary/aromatic N) is 1. The molecule has 1 heterocycles. The molecule has 0 aliphatic rings. The lowest BCUT2D eigenvalue weighted by Gasteiger charge is -1.89. The molecule has 1 rings (SSSR count). The van der Waals surface area contributed by atoms with E-state index >= 15 is 0 Å². The molecular weight excluding hydrogens is 138 g/mol. The molecule has 0 aliphatic carbocycles. The average molecular weight is 150 g/mol. The fourth-order valence-corrected chi connectivity index (χ4v) is 0.908. The van der Waals surface area contributed by atoms with Crippen LogP contribution in [0.2, 0.25) is 0 Å². The van der Waals surface area contributed by atoms with Gasteiger partial charge >= 0.3 is 5.91 Å². The van der Waals surface area contributed by atoms with Crippen molar-refractivity contribution in [3.8, 4) is 0 Å². The lowest BCUT2D eigenvalue weighted by molar-refractivity contribution is -0.574. The predicted octanol–water partition coefficient (Wildman–Crippen LogP) is 1.41. The van der Waals surface area contributed by atoms with Gasteiger partial charge in [0.05, 0.1) is 6.42 Å². The minimum atomic E-state index is 0.160. The maximum absolute atomic E-state index is 11.2. The fraction of sp³-hybridized carbons (Fsp3) is 0.333. The van der Waals surface area contributed by atoms with Gasteiger partial charge in [-0.05, 0) is 6.42 Å². The smallest absolute Gasteiger partial charge is 0.219 e. The van der Waals surface area contributed by atoms with E-state index in [0.717, 1.165) is 6.42 Å². The Kier molecular flexibility index (Phi) is 2.78. The predicted molar refractivity (Wildman–Crippen MR) is 42.2 cm³/mol. The summed E-state index contributed by atoms with van der Waals surface area (Å²) in [5, 5.41) is 0. The van der Waals surface area contributed by atoms with E-state index in [1.807, 2.05) is 25.1 Å². The van der Waals surface area contributed by atoms with Crippen molar-refractivity contribution in [2.75, 3.05) is 0 Å². The third-order valence-electron chi connectivity index (χ3n) is 1.47. The number of rotatable bonds is 2. The van der Waals surface area contributed by atoms with Crippen LogP contribution < -0.4 is 4.57 Å². The van der Waals surface area contributed by atoms with Gasteiger partial charge in [-0.3, -0.25) is 0 Å². The van der Waals surface area contributed by atoms with Gasteiger partial charge in [0, 0.05) is 12.1 Å². The summed E-state index contributed by atoms with van der Waals surface area (Å²) in [6.07, 6.45) is 5.07. The maximum atomic E-state index is 11.2. The van der Waals surface area contributed by atoms with E-state index in [1.54, 1.807) is 17.0 Å². The molecule has 2 nitrogen and oxygen atoms in total. The second-order valence-corrected chi connectivity index (χ2v) is 2.43. The highest BCUT2D eigenvalue weighted by Gasteiger charge is 2.09. The second kappa shape index (κ2) is 3.86. The van der Waals surface area contributed by atoms with Crippen LogP contribution in [0.15, 0.2) is 30.6 Å². The first-order valence-electron chi connectivity index (χ1n) is 3.84. The van der Waals surface area contributed by atoms with E-state index in [9.17, 15) is 4.79 Å². The minimum absolute atomic E-state index is 0.160. The van der Waals surface area contributed by atoms with Crippen molar-refractivity contribution in [2.24, 2.45) is 0 Å². The van der Waals surface area contributed by atoms with Gasteiger partial charge < -0.3 is 0 Å². The summed E-state index contributed by atoms with van der Waals surface area (Å²) in [4.78, 5) is 11.2. The lowest BCUT2D eigenvalue weighted by atomic mass is 10.3. The molecule has 0 saturated carbocycles. The molecule has 0 aliphatic heterocycles. The molecule has 0 saturated heterocycles. The van der Waals surface area contributed by atoms with Gasteiger partial charge in [-0.15, -0.1) is 4.57 Å². The topological polar surface area (TPSA) is 20.9 Å². The molecule has 0 N–H and O–H groups in total. The van der Waals surface area contributed by atoms with Crippen molar-refractivity contribution in [1.82, 2.24) is 0 Å². The van der Waals surface area contributed by atoms with Crippen LogP contribution in [-0.4, -0.2) is 5.91 Å². The molecular formula is C9H12NO+. The molecule has 0 amide bonds. The summed E-state index contributed by atoms with van der Waals surface area (Å²) in [7, 11) is 0. The fourth-order valence-electron chi connectivity index (χ4n) is 0.908. The molecule has 58 valence electrons. The van der Waals surface area contributed by atoms with Crippen LogP contribution in [0.25, 0.3) is 0 Å². The maximum Gasteiger partial charge on any atom is 0.392 e. The third kappa shape index (κ3) is 2.15. The van der Waals surface area contributed by atoms with Gasteiger partial charge in [0.25, 0.3) is 0 Å². The van der Waals surface area contributed by atoms with Gasteiger partial charge in [0.2, 0.25) is 0 Å². The molecule has 2 heteroatoms. The van der Waals surface area contributed by atoms with E-state index < -0.39 is 0 Å². The first kappa shape index (κ1) is 7.92. The van der Waals surface area contributed by atoms with Gasteiger partial charge in [0.15, 0.2) is 12.4 Å². The summed E-state index contributed by atoms with van der Waals surface area (Å²) < 4.78 is 1.61. The van der Waals surface area contributed by atoms with Gasteiger partial charge in [-0.2, -0.15) is 0 Å². The van der Waals surface area contributed by atoms with Crippen molar-refractivity contribution in [1.29, 1.82) is 0 Å². The van der Waals surface area contributed by atoms with E-state index in [4.69, 9.17) is 0 Å². The zero-order valence-corrected chi connectivity index (χ0v) is 6.66. The van der Waals surface area contributed by atoms with Crippen LogP contribution in [0, 0.1) is 0 Å². The van der Waals surface area contributed by atoms with Crippen LogP contribution in [0.5, 0.6) is 0 Å². The molecule has 0 atom stereocenters. The summed E-state index contributed by atoms with van der Waals surface area (Å²) in [5.41, 5.74) is 0. The van der Waals surface area contributed by atoms with E-state index in [2.05, 4.69) is 0 Å². The highest BCUT2D eigenvalue weighted by atomic mass is 16.1. The van der Waals surface area contributed by atoms with Gasteiger partial charge in [-0.1, -0.05) is 13.0 Å². The number of hydrogen-bond acceptors (Lipinski definition) is 1. The Labute approximate surface area is 66.5 Å². The van der Waals surface area contributed by atoms with Crippen molar-refractivity contribution in [3.05, 3.63) is 30.6 Å². The SMILES string of the molecule is CCCC(=O)[n+]1ccccc1. The largest absolute Gasteiger partial charge is 0.392 e. The minimum Gasteiger partial charge on any atom is -0.219 e. The highest BCUT2D eigenvalue weighted by Crippen LogP contribution is 1.86. The lowest BCUT2D eigenvalue weighted by Crippen LogP contribution is -2.40. The zero-order valence-electron chi connectivity index (χ0n) is 6.66. The summed E-state index contributed by atoms with van der Waals surface area (Å²) in [6.45, 7) is 2.00. The third-order valence-corrected chi connectivity index (χ3v) is 1.47. The van der Waals surface area contributed by atoms with Crippen molar-refractivity contribution >= 4 is 5.91 Å². The van der Waals surface area contributed by atoms with Crippen molar-refractivity contribution in [2.45, 2.75) is 19.8 Å². The Morgan fingerprint density at radius 3 is 2.45 bits per heavy atom. The normalized spacial score (nSPS) is 9.55. The summed E-state index contributed by atoms with van der Waals surface area (Å²) in [6, 6.07) is 5.61. The Hall–Kier alpha value is -1.18. The molecule has 11 heavy (non-hydrogen) atoms. The van der Waals surface area contributed by atoms with Crippen LogP contribution >= 0.6 is 0 Å².